The number of ether oxygens (including phenoxy) is 1. The van der Waals surface area contributed by atoms with Crippen molar-refractivity contribution in [1.29, 1.82) is 0 Å². The minimum atomic E-state index is -0.582. The van der Waals surface area contributed by atoms with Crippen LogP contribution in [0.25, 0.3) is 0 Å². The van der Waals surface area contributed by atoms with Gasteiger partial charge in [0.05, 0.1) is 23.9 Å². The van der Waals surface area contributed by atoms with Gasteiger partial charge < -0.3 is 9.64 Å². The molecule has 1 aliphatic carbocycles. The Labute approximate surface area is 192 Å². The van der Waals surface area contributed by atoms with Gasteiger partial charge in [0.1, 0.15) is 5.75 Å². The van der Waals surface area contributed by atoms with Crippen LogP contribution in [0.4, 0.5) is 0 Å². The molecule has 0 radical (unpaired) electrons. The van der Waals surface area contributed by atoms with E-state index < -0.39 is 5.92 Å². The third kappa shape index (κ3) is 4.50. The average molecular weight is 456 g/mol. The van der Waals surface area contributed by atoms with Crippen LogP contribution in [0.5, 0.6) is 5.75 Å². The molecule has 4 rings (SSSR count). The molecule has 1 aliphatic heterocycles. The number of benzene rings is 1. The van der Waals surface area contributed by atoms with E-state index in [9.17, 15) is 14.4 Å². The normalized spacial score (nSPS) is 19.7. The summed E-state index contributed by atoms with van der Waals surface area (Å²) in [6.07, 6.45) is 5.10. The fraction of sp³-hybridized carbons (Fsp3) is 0.458. The summed E-state index contributed by atoms with van der Waals surface area (Å²) in [4.78, 5) is 42.1. The number of unbranched alkanes of at least 4 members (excludes halogenated alkanes) is 1. The van der Waals surface area contributed by atoms with Gasteiger partial charge in [0.15, 0.2) is 0 Å². The van der Waals surface area contributed by atoms with Gasteiger partial charge >= 0.3 is 0 Å². The zero-order chi connectivity index (χ0) is 22.7. The number of aryl methyl sites for hydroxylation is 2. The molecule has 3 amide bonds. The van der Waals surface area contributed by atoms with Gasteiger partial charge in [0, 0.05) is 17.8 Å². The lowest BCUT2D eigenvalue weighted by atomic mass is 9.93. The van der Waals surface area contributed by atoms with Crippen molar-refractivity contribution in [2.75, 3.05) is 13.7 Å². The number of rotatable bonds is 7. The Hall–Kier alpha value is -2.87. The lowest BCUT2D eigenvalue weighted by Crippen LogP contribution is -2.45. The maximum absolute atomic E-state index is 13.1. The van der Waals surface area contributed by atoms with Gasteiger partial charge in [0.25, 0.3) is 5.91 Å². The number of nitrogens with zero attached hydrogens (tertiary/aromatic N) is 1. The molecule has 1 fully saturated rings. The molecular formula is C24H29N3O4S. The van der Waals surface area contributed by atoms with Gasteiger partial charge in [0.2, 0.25) is 11.8 Å². The standard InChI is InChI=1S/C24H29N3O4S/c1-3-4-12-27-21(28)14-18(22(27)15-8-10-17(31-2)11-9-15)23(29)25-26-24(30)20-13-16-6-5-7-19(16)32-20/h8-11,13,18,22H,3-7,12,14H2,1-2H3,(H,25,29)(H,26,30). The number of amides is 3. The van der Waals surface area contributed by atoms with Crippen molar-refractivity contribution in [3.8, 4) is 5.75 Å². The van der Waals surface area contributed by atoms with E-state index in [1.807, 2.05) is 30.3 Å². The third-order valence-electron chi connectivity index (χ3n) is 6.25. The number of thiophene rings is 1. The lowest BCUT2D eigenvalue weighted by molar-refractivity contribution is -0.129. The highest BCUT2D eigenvalue weighted by Crippen LogP contribution is 2.39. The topological polar surface area (TPSA) is 87.7 Å². The smallest absolute Gasteiger partial charge is 0.279 e. The Balaban J connectivity index is 1.47. The predicted octanol–water partition coefficient (Wildman–Crippen LogP) is 3.40. The van der Waals surface area contributed by atoms with E-state index in [0.29, 0.717) is 17.2 Å². The van der Waals surface area contributed by atoms with E-state index >= 15 is 0 Å². The SMILES string of the molecule is CCCCN1C(=O)CC(C(=O)NNC(=O)c2cc3c(s2)CCC3)C1c1ccc(OC)cc1. The third-order valence-corrected chi connectivity index (χ3v) is 7.48. The number of methoxy groups -OCH3 is 1. The number of carbonyl (C=O) groups excluding carboxylic acids is 3. The Morgan fingerprint density at radius 2 is 1.97 bits per heavy atom. The van der Waals surface area contributed by atoms with Gasteiger partial charge in [-0.3, -0.25) is 25.2 Å². The first-order valence-corrected chi connectivity index (χ1v) is 12.0. The molecular weight excluding hydrogens is 426 g/mol. The van der Waals surface area contributed by atoms with Crippen molar-refractivity contribution >= 4 is 29.1 Å². The fourth-order valence-corrected chi connectivity index (χ4v) is 5.69. The highest BCUT2D eigenvalue weighted by molar-refractivity contribution is 7.14. The largest absolute Gasteiger partial charge is 0.497 e. The molecule has 1 aromatic carbocycles. The van der Waals surface area contributed by atoms with Gasteiger partial charge in [-0.25, -0.2) is 0 Å². The quantitative estimate of drug-likeness (QED) is 0.627. The molecule has 0 saturated carbocycles. The van der Waals surface area contributed by atoms with E-state index in [4.69, 9.17) is 4.74 Å². The fourth-order valence-electron chi connectivity index (χ4n) is 4.54. The Morgan fingerprint density at radius 1 is 1.19 bits per heavy atom. The van der Waals surface area contributed by atoms with Crippen molar-refractivity contribution in [2.45, 2.75) is 51.5 Å². The van der Waals surface area contributed by atoms with E-state index in [0.717, 1.165) is 37.7 Å². The number of nitrogens with one attached hydrogen (secondary N) is 2. The number of hydrogen-bond donors (Lipinski definition) is 2. The van der Waals surface area contributed by atoms with Crippen molar-refractivity contribution < 1.29 is 19.1 Å². The summed E-state index contributed by atoms with van der Waals surface area (Å²) in [7, 11) is 1.60. The highest BCUT2D eigenvalue weighted by atomic mass is 32.1. The van der Waals surface area contributed by atoms with Crippen LogP contribution >= 0.6 is 11.3 Å². The molecule has 7 nitrogen and oxygen atoms in total. The number of carbonyl (C=O) groups is 3. The maximum atomic E-state index is 13.1. The second kappa shape index (κ2) is 9.73. The zero-order valence-corrected chi connectivity index (χ0v) is 19.3. The first kappa shape index (κ1) is 22.3. The minimum Gasteiger partial charge on any atom is -0.497 e. The average Bonchev–Trinajstić information content (AvgIpc) is 3.49. The lowest BCUT2D eigenvalue weighted by Gasteiger charge is -2.28. The van der Waals surface area contributed by atoms with Gasteiger partial charge in [-0.2, -0.15) is 0 Å². The maximum Gasteiger partial charge on any atom is 0.279 e. The van der Waals surface area contributed by atoms with Crippen molar-refractivity contribution in [3.05, 3.63) is 51.2 Å². The molecule has 32 heavy (non-hydrogen) atoms. The molecule has 2 aromatic rings. The van der Waals surface area contributed by atoms with Crippen LogP contribution in [0.2, 0.25) is 0 Å². The van der Waals surface area contributed by atoms with Crippen molar-refractivity contribution in [1.82, 2.24) is 15.8 Å². The molecule has 1 aromatic heterocycles. The number of hydrogen-bond acceptors (Lipinski definition) is 5. The summed E-state index contributed by atoms with van der Waals surface area (Å²) in [5.74, 6) is -0.572. The molecule has 8 heteroatoms. The van der Waals surface area contributed by atoms with Crippen molar-refractivity contribution in [2.24, 2.45) is 5.92 Å². The van der Waals surface area contributed by atoms with Crippen molar-refractivity contribution in [3.63, 3.8) is 0 Å². The molecule has 2 aliphatic rings. The Kier molecular flexibility index (Phi) is 6.79. The van der Waals surface area contributed by atoms with Crippen LogP contribution < -0.4 is 15.6 Å². The highest BCUT2D eigenvalue weighted by Gasteiger charge is 2.44. The van der Waals surface area contributed by atoms with Gasteiger partial charge in [-0.15, -0.1) is 11.3 Å². The number of likely N-dealkylation sites (tertiary alicyclic amines) is 1. The van der Waals surface area contributed by atoms with Crippen LogP contribution in [0.3, 0.4) is 0 Å². The first-order chi connectivity index (χ1) is 15.5. The van der Waals surface area contributed by atoms with Gasteiger partial charge in [-0.05, 0) is 55.0 Å². The molecule has 0 spiro atoms. The Bertz CT molecular complexity index is 980. The zero-order valence-electron chi connectivity index (χ0n) is 18.5. The molecule has 2 atom stereocenters. The van der Waals surface area contributed by atoms with E-state index in [-0.39, 0.29) is 30.2 Å². The number of hydrazine groups is 1. The van der Waals surface area contributed by atoms with Gasteiger partial charge in [-0.1, -0.05) is 25.5 Å². The second-order valence-corrected chi connectivity index (χ2v) is 9.46. The van der Waals surface area contributed by atoms with Crippen LogP contribution in [0, 0.1) is 5.92 Å². The summed E-state index contributed by atoms with van der Waals surface area (Å²) in [5, 5.41) is 0. The van der Waals surface area contributed by atoms with Crippen LogP contribution in [-0.2, 0) is 22.4 Å². The summed E-state index contributed by atoms with van der Waals surface area (Å²) in [5.41, 5.74) is 7.24. The molecule has 2 unspecified atom stereocenters. The summed E-state index contributed by atoms with van der Waals surface area (Å²) in [6.45, 7) is 2.67. The molecule has 0 bridgehead atoms. The summed E-state index contributed by atoms with van der Waals surface area (Å²) < 4.78 is 5.24. The minimum absolute atomic E-state index is 0.0413. The summed E-state index contributed by atoms with van der Waals surface area (Å²) in [6, 6.07) is 9.01. The number of fused-ring (bicyclic) bond motifs is 1. The Morgan fingerprint density at radius 3 is 2.66 bits per heavy atom. The monoisotopic (exact) mass is 455 g/mol. The molecule has 170 valence electrons. The van der Waals surface area contributed by atoms with E-state index in [2.05, 4.69) is 17.8 Å². The van der Waals surface area contributed by atoms with Crippen LogP contribution in [0.1, 0.15) is 64.3 Å². The summed E-state index contributed by atoms with van der Waals surface area (Å²) >= 11 is 1.49. The van der Waals surface area contributed by atoms with E-state index in [1.165, 1.54) is 21.8 Å². The molecule has 2 N–H and O–H groups in total. The molecule has 2 heterocycles. The second-order valence-electron chi connectivity index (χ2n) is 8.33. The van der Waals surface area contributed by atoms with E-state index in [1.54, 1.807) is 12.0 Å². The molecule has 1 saturated heterocycles. The van der Waals surface area contributed by atoms with Crippen LogP contribution in [-0.4, -0.2) is 36.3 Å². The predicted molar refractivity (Wildman–Crippen MR) is 122 cm³/mol. The first-order valence-electron chi connectivity index (χ1n) is 11.2. The van der Waals surface area contributed by atoms with Crippen LogP contribution in [0.15, 0.2) is 30.3 Å².